The van der Waals surface area contributed by atoms with E-state index in [4.69, 9.17) is 18.6 Å². The van der Waals surface area contributed by atoms with Crippen molar-refractivity contribution >= 4 is 39.3 Å². The zero-order valence-electron chi connectivity index (χ0n) is 18.4. The number of fused-ring (bicyclic) bond motifs is 1. The molecule has 3 aromatic rings. The molecule has 1 unspecified atom stereocenters. The smallest absolute Gasteiger partial charge is 0.338 e. The number of benzene rings is 1. The molecule has 1 aromatic carbocycles. The van der Waals surface area contributed by atoms with Crippen molar-refractivity contribution in [3.05, 3.63) is 77.3 Å². The summed E-state index contributed by atoms with van der Waals surface area (Å²) in [5.74, 6) is 0.649. The molecule has 0 fully saturated rings. The van der Waals surface area contributed by atoms with E-state index >= 15 is 0 Å². The van der Waals surface area contributed by atoms with E-state index in [9.17, 15) is 9.59 Å². The molecule has 0 radical (unpaired) electrons. The Labute approximate surface area is 201 Å². The molecule has 0 bridgehead atoms. The molecule has 0 saturated heterocycles. The molecule has 0 amide bonds. The Morgan fingerprint density at radius 3 is 2.70 bits per heavy atom. The van der Waals surface area contributed by atoms with Gasteiger partial charge in [-0.3, -0.25) is 9.36 Å². The van der Waals surface area contributed by atoms with Crippen LogP contribution in [0.5, 0.6) is 11.5 Å². The summed E-state index contributed by atoms with van der Waals surface area (Å²) in [5.41, 5.74) is 1.87. The highest BCUT2D eigenvalue weighted by molar-refractivity contribution is 9.10. The Hall–Kier alpha value is -3.11. The predicted octanol–water partition coefficient (Wildman–Crippen LogP) is 3.17. The van der Waals surface area contributed by atoms with Crippen LogP contribution in [0, 0.1) is 0 Å². The average Bonchev–Trinajstić information content (AvgIpc) is 3.42. The highest BCUT2D eigenvalue weighted by Gasteiger charge is 2.33. The second-order valence-corrected chi connectivity index (χ2v) is 8.95. The molecule has 1 aliphatic rings. The maximum absolute atomic E-state index is 13.6. The first-order valence-corrected chi connectivity index (χ1v) is 11.6. The summed E-state index contributed by atoms with van der Waals surface area (Å²) in [6.07, 6.45) is 4.76. The topological polar surface area (TPSA) is 92.3 Å². The molecule has 10 heteroatoms. The Morgan fingerprint density at radius 2 is 2.06 bits per heavy atom. The van der Waals surface area contributed by atoms with Gasteiger partial charge >= 0.3 is 5.97 Å². The number of ether oxygens (including phenoxy) is 3. The van der Waals surface area contributed by atoms with Gasteiger partial charge in [0.1, 0.15) is 17.5 Å². The summed E-state index contributed by atoms with van der Waals surface area (Å²) in [6, 6.07) is 4.58. The lowest BCUT2D eigenvalue weighted by atomic mass is 9.98. The van der Waals surface area contributed by atoms with Gasteiger partial charge in [-0.2, -0.15) is 0 Å². The lowest BCUT2D eigenvalue weighted by Gasteiger charge is -2.23. The van der Waals surface area contributed by atoms with Crippen LogP contribution in [0.15, 0.2) is 60.7 Å². The Balaban J connectivity index is 1.94. The number of thiazole rings is 1. The number of halogens is 1. The number of aromatic nitrogens is 1. The highest BCUT2D eigenvalue weighted by Crippen LogP contribution is 2.33. The minimum absolute atomic E-state index is 0.213. The summed E-state index contributed by atoms with van der Waals surface area (Å²) in [7, 11) is 3.12. The number of hydrogen-bond acceptors (Lipinski definition) is 8. The van der Waals surface area contributed by atoms with Crippen LogP contribution in [0.3, 0.4) is 0 Å². The predicted molar refractivity (Wildman–Crippen MR) is 126 cm³/mol. The third-order valence-corrected chi connectivity index (χ3v) is 6.77. The maximum atomic E-state index is 13.6. The van der Waals surface area contributed by atoms with Gasteiger partial charge in [-0.1, -0.05) is 11.3 Å². The minimum atomic E-state index is -0.703. The quantitative estimate of drug-likeness (QED) is 0.452. The molecule has 172 valence electrons. The number of hydrogen-bond donors (Lipinski definition) is 0. The number of carbonyl (C=O) groups is 1. The fraction of sp³-hybridized carbons (Fsp3) is 0.261. The Bertz CT molecular complexity index is 1420. The number of rotatable bonds is 6. The van der Waals surface area contributed by atoms with Crippen molar-refractivity contribution in [3.63, 3.8) is 0 Å². The van der Waals surface area contributed by atoms with Crippen molar-refractivity contribution in [1.82, 2.24) is 4.57 Å². The SMILES string of the molecule is CCOC(=O)C1=C(C)N=c2sc(=Cc3cc(Br)c(OC)cc3OC)c(=O)n2C1c1ccoc1. The molecule has 3 heterocycles. The molecular formula is C23H21BrN2O6S. The molecule has 0 N–H and O–H groups in total. The van der Waals surface area contributed by atoms with Gasteiger partial charge in [0.15, 0.2) is 4.80 Å². The van der Waals surface area contributed by atoms with Crippen LogP contribution in [0.2, 0.25) is 0 Å². The van der Waals surface area contributed by atoms with E-state index in [1.807, 2.05) is 6.07 Å². The van der Waals surface area contributed by atoms with Crippen molar-refractivity contribution in [1.29, 1.82) is 0 Å². The van der Waals surface area contributed by atoms with Crippen LogP contribution in [-0.4, -0.2) is 31.4 Å². The van der Waals surface area contributed by atoms with Crippen molar-refractivity contribution in [2.45, 2.75) is 19.9 Å². The van der Waals surface area contributed by atoms with Crippen molar-refractivity contribution in [2.75, 3.05) is 20.8 Å². The molecular weight excluding hydrogens is 512 g/mol. The monoisotopic (exact) mass is 532 g/mol. The minimum Gasteiger partial charge on any atom is -0.496 e. The second kappa shape index (κ2) is 9.40. The van der Waals surface area contributed by atoms with Crippen molar-refractivity contribution < 1.29 is 23.4 Å². The summed E-state index contributed by atoms with van der Waals surface area (Å²) in [6.45, 7) is 3.68. The summed E-state index contributed by atoms with van der Waals surface area (Å²) in [4.78, 5) is 31.4. The van der Waals surface area contributed by atoms with Crippen LogP contribution in [0.25, 0.3) is 6.08 Å². The third-order valence-electron chi connectivity index (χ3n) is 5.17. The van der Waals surface area contributed by atoms with E-state index in [1.165, 1.54) is 28.4 Å². The molecule has 2 aromatic heterocycles. The Kier molecular flexibility index (Phi) is 6.57. The molecule has 0 saturated carbocycles. The molecule has 0 aliphatic carbocycles. The normalized spacial score (nSPS) is 15.8. The largest absolute Gasteiger partial charge is 0.496 e. The Morgan fingerprint density at radius 1 is 1.30 bits per heavy atom. The van der Waals surface area contributed by atoms with Crippen LogP contribution in [0.1, 0.15) is 31.0 Å². The van der Waals surface area contributed by atoms with Gasteiger partial charge in [-0.25, -0.2) is 9.79 Å². The fourth-order valence-electron chi connectivity index (χ4n) is 3.67. The summed E-state index contributed by atoms with van der Waals surface area (Å²) < 4.78 is 24.0. The standard InChI is InChI=1S/C23H21BrN2O6S/c1-5-32-22(28)19-12(2)25-23-26(20(19)13-6-7-31-11-13)21(27)18(33-23)9-14-8-15(24)17(30-4)10-16(14)29-3/h6-11,20H,5H2,1-4H3. The second-order valence-electron chi connectivity index (χ2n) is 7.09. The molecule has 1 aliphatic heterocycles. The van der Waals surface area contributed by atoms with Gasteiger partial charge in [0.25, 0.3) is 5.56 Å². The molecule has 8 nitrogen and oxygen atoms in total. The van der Waals surface area contributed by atoms with Gasteiger partial charge in [0, 0.05) is 17.2 Å². The maximum Gasteiger partial charge on any atom is 0.338 e. The first kappa shape index (κ1) is 23.1. The zero-order valence-corrected chi connectivity index (χ0v) is 20.8. The third kappa shape index (κ3) is 4.16. The highest BCUT2D eigenvalue weighted by atomic mass is 79.9. The van der Waals surface area contributed by atoms with Crippen LogP contribution < -0.4 is 24.4 Å². The molecule has 1 atom stereocenters. The van der Waals surface area contributed by atoms with Crippen LogP contribution in [-0.2, 0) is 9.53 Å². The van der Waals surface area contributed by atoms with Crippen molar-refractivity contribution in [3.8, 4) is 11.5 Å². The lowest BCUT2D eigenvalue weighted by molar-refractivity contribution is -0.139. The lowest BCUT2D eigenvalue weighted by Crippen LogP contribution is -2.39. The van der Waals surface area contributed by atoms with E-state index in [2.05, 4.69) is 20.9 Å². The number of esters is 1. The summed E-state index contributed by atoms with van der Waals surface area (Å²) >= 11 is 4.71. The molecule has 4 rings (SSSR count). The number of furan rings is 1. The van der Waals surface area contributed by atoms with Gasteiger partial charge in [0.05, 0.1) is 53.6 Å². The number of allylic oxidation sites excluding steroid dienone is 1. The first-order chi connectivity index (χ1) is 15.9. The summed E-state index contributed by atoms with van der Waals surface area (Å²) in [5, 5.41) is 0. The number of carbonyl (C=O) groups excluding carboxylic acids is 1. The van der Waals surface area contributed by atoms with Gasteiger partial charge in [-0.05, 0) is 48.0 Å². The van der Waals surface area contributed by atoms with E-state index in [0.29, 0.717) is 43.2 Å². The molecule has 33 heavy (non-hydrogen) atoms. The van der Waals surface area contributed by atoms with E-state index in [0.717, 1.165) is 4.47 Å². The van der Waals surface area contributed by atoms with E-state index < -0.39 is 12.0 Å². The van der Waals surface area contributed by atoms with E-state index in [1.54, 1.807) is 46.3 Å². The van der Waals surface area contributed by atoms with Gasteiger partial charge in [-0.15, -0.1) is 0 Å². The van der Waals surface area contributed by atoms with Crippen LogP contribution in [0.4, 0.5) is 0 Å². The number of nitrogens with zero attached hydrogens (tertiary/aromatic N) is 2. The zero-order chi connectivity index (χ0) is 23.7. The first-order valence-electron chi connectivity index (χ1n) is 10.0. The molecule has 0 spiro atoms. The number of methoxy groups -OCH3 is 2. The average molecular weight is 533 g/mol. The fourth-order valence-corrected chi connectivity index (χ4v) is 5.24. The van der Waals surface area contributed by atoms with Gasteiger partial charge in [0.2, 0.25) is 0 Å². The van der Waals surface area contributed by atoms with Crippen molar-refractivity contribution in [2.24, 2.45) is 4.99 Å². The van der Waals surface area contributed by atoms with E-state index in [-0.39, 0.29) is 12.2 Å². The van der Waals surface area contributed by atoms with Crippen LogP contribution >= 0.6 is 27.3 Å². The van der Waals surface area contributed by atoms with Gasteiger partial charge < -0.3 is 18.6 Å².